The quantitative estimate of drug-likeness (QED) is 0.291. The molecule has 0 unspecified atom stereocenters. The fourth-order valence-electron chi connectivity index (χ4n) is 4.53. The molecule has 1 saturated carbocycles. The zero-order valence-corrected chi connectivity index (χ0v) is 20.0. The number of nitrogens with zero attached hydrogens (tertiary/aromatic N) is 1. The molecule has 0 aromatic heterocycles. The summed E-state index contributed by atoms with van der Waals surface area (Å²) in [7, 11) is 0. The Balaban J connectivity index is 1.73. The summed E-state index contributed by atoms with van der Waals surface area (Å²) < 4.78 is 0. The van der Waals surface area contributed by atoms with Crippen LogP contribution >= 0.6 is 11.6 Å². The van der Waals surface area contributed by atoms with Crippen molar-refractivity contribution in [3.8, 4) is 0 Å². The normalized spacial score (nSPS) is 16.2. The summed E-state index contributed by atoms with van der Waals surface area (Å²) >= 11 is 6.41. The van der Waals surface area contributed by atoms with E-state index in [2.05, 4.69) is 53.6 Å². The maximum absolute atomic E-state index is 12.9. The summed E-state index contributed by atoms with van der Waals surface area (Å²) in [5.41, 5.74) is 7.89. The Hall–Kier alpha value is -2.59. The molecule has 170 valence electrons. The number of hydrazone groups is 1. The fraction of sp³-hybridized carbons (Fsp3) is 0.407. The van der Waals surface area contributed by atoms with Crippen LogP contribution in [0.5, 0.6) is 0 Å². The Labute approximate surface area is 197 Å². The van der Waals surface area contributed by atoms with Crippen LogP contribution in [0.25, 0.3) is 0 Å². The van der Waals surface area contributed by atoms with Gasteiger partial charge in [0.25, 0.3) is 0 Å². The van der Waals surface area contributed by atoms with Crippen LogP contribution in [-0.2, 0) is 16.6 Å². The van der Waals surface area contributed by atoms with E-state index < -0.39 is 0 Å². The molecule has 2 aromatic carbocycles. The van der Waals surface area contributed by atoms with E-state index in [0.29, 0.717) is 11.6 Å². The van der Waals surface area contributed by atoms with E-state index in [9.17, 15) is 4.79 Å². The lowest BCUT2D eigenvalue weighted by atomic mass is 9.74. The number of halogens is 1. The summed E-state index contributed by atoms with van der Waals surface area (Å²) in [4.78, 5) is 12.9. The monoisotopic (exact) mass is 451 g/mol. The van der Waals surface area contributed by atoms with E-state index in [-0.39, 0.29) is 17.7 Å². The molecule has 5 heteroatoms. The molecule has 2 N–H and O–H groups in total. The molecule has 2 aromatic rings. The van der Waals surface area contributed by atoms with Gasteiger partial charge >= 0.3 is 0 Å². The minimum absolute atomic E-state index is 0.00130. The highest BCUT2D eigenvalue weighted by Gasteiger charge is 2.33. The van der Waals surface area contributed by atoms with E-state index in [0.717, 1.165) is 29.7 Å². The van der Waals surface area contributed by atoms with E-state index in [1.807, 2.05) is 25.1 Å². The summed E-state index contributed by atoms with van der Waals surface area (Å²) in [6, 6.07) is 14.5. The van der Waals surface area contributed by atoms with Gasteiger partial charge in [0.2, 0.25) is 5.91 Å². The Kier molecular flexibility index (Phi) is 8.52. The van der Waals surface area contributed by atoms with Crippen molar-refractivity contribution in [2.24, 2.45) is 5.10 Å². The van der Waals surface area contributed by atoms with Crippen LogP contribution in [-0.4, -0.2) is 18.2 Å². The number of rotatable bonds is 8. The lowest BCUT2D eigenvalue weighted by molar-refractivity contribution is -0.120. The largest absolute Gasteiger partial charge is 0.355 e. The fourth-order valence-corrected chi connectivity index (χ4v) is 4.71. The van der Waals surface area contributed by atoms with Crippen LogP contribution in [0.1, 0.15) is 67.7 Å². The van der Waals surface area contributed by atoms with E-state index in [1.54, 1.807) is 0 Å². The van der Waals surface area contributed by atoms with Crippen LogP contribution in [0.2, 0.25) is 5.02 Å². The highest BCUT2D eigenvalue weighted by molar-refractivity contribution is 6.31. The molecule has 0 saturated heterocycles. The molecule has 32 heavy (non-hydrogen) atoms. The van der Waals surface area contributed by atoms with Gasteiger partial charge < -0.3 is 5.32 Å². The zero-order valence-electron chi connectivity index (χ0n) is 19.2. The first-order valence-corrected chi connectivity index (χ1v) is 11.8. The van der Waals surface area contributed by atoms with Gasteiger partial charge in [-0.05, 0) is 55.5 Å². The smallest absolute Gasteiger partial charge is 0.224 e. The standard InChI is InChI=1S/C27H34ClN3O/c1-4-30-31-21(3)22-11-14-25(28)23(17-22)18-26(32)29-19-27(15-7-5-6-8-16-27)24-12-9-20(2)10-13-24/h4,9-14,17,30H,1,5-8,15-16,18-19H2,2-3H3,(H,29,32)/b31-21+. The van der Waals surface area contributed by atoms with Gasteiger partial charge in [0.15, 0.2) is 0 Å². The van der Waals surface area contributed by atoms with Gasteiger partial charge in [-0.3, -0.25) is 10.2 Å². The second-order valence-corrected chi connectivity index (χ2v) is 9.26. The van der Waals surface area contributed by atoms with Gasteiger partial charge in [-0.25, -0.2) is 0 Å². The molecule has 0 spiro atoms. The van der Waals surface area contributed by atoms with Crippen molar-refractivity contribution < 1.29 is 4.79 Å². The number of hydrogen-bond acceptors (Lipinski definition) is 3. The first-order chi connectivity index (χ1) is 15.4. The number of aryl methyl sites for hydroxylation is 1. The van der Waals surface area contributed by atoms with Gasteiger partial charge in [-0.1, -0.05) is 79.8 Å². The van der Waals surface area contributed by atoms with Crippen molar-refractivity contribution >= 4 is 23.2 Å². The Morgan fingerprint density at radius 3 is 2.47 bits per heavy atom. The number of nitrogens with one attached hydrogen (secondary N) is 2. The third-order valence-corrected chi connectivity index (χ3v) is 6.86. The Bertz CT molecular complexity index is 957. The van der Waals surface area contributed by atoms with Crippen LogP contribution in [0, 0.1) is 6.92 Å². The topological polar surface area (TPSA) is 53.5 Å². The van der Waals surface area contributed by atoms with Crippen molar-refractivity contribution in [3.63, 3.8) is 0 Å². The maximum atomic E-state index is 12.9. The van der Waals surface area contributed by atoms with Crippen molar-refractivity contribution in [1.29, 1.82) is 0 Å². The zero-order chi connectivity index (χ0) is 23.0. The number of amides is 1. The summed E-state index contributed by atoms with van der Waals surface area (Å²) in [6.07, 6.45) is 8.93. The minimum atomic E-state index is -0.00130. The van der Waals surface area contributed by atoms with Gasteiger partial charge in [0.05, 0.1) is 12.1 Å². The number of benzene rings is 2. The average molecular weight is 452 g/mol. The molecule has 0 bridgehead atoms. The lowest BCUT2D eigenvalue weighted by Gasteiger charge is -2.34. The molecule has 4 nitrogen and oxygen atoms in total. The Morgan fingerprint density at radius 2 is 1.81 bits per heavy atom. The molecular formula is C27H34ClN3O. The van der Waals surface area contributed by atoms with Crippen molar-refractivity contribution in [1.82, 2.24) is 10.7 Å². The molecular weight excluding hydrogens is 418 g/mol. The summed E-state index contributed by atoms with van der Waals surface area (Å²) in [5.74, 6) is -0.00130. The van der Waals surface area contributed by atoms with Gasteiger partial charge in [0, 0.05) is 23.2 Å². The van der Waals surface area contributed by atoms with Crippen molar-refractivity contribution in [2.45, 2.75) is 64.2 Å². The van der Waals surface area contributed by atoms with Crippen molar-refractivity contribution in [3.05, 3.63) is 82.5 Å². The predicted molar refractivity (Wildman–Crippen MR) is 134 cm³/mol. The third-order valence-electron chi connectivity index (χ3n) is 6.49. The minimum Gasteiger partial charge on any atom is -0.355 e. The molecule has 0 radical (unpaired) electrons. The van der Waals surface area contributed by atoms with Gasteiger partial charge in [0.1, 0.15) is 0 Å². The van der Waals surface area contributed by atoms with E-state index in [4.69, 9.17) is 11.6 Å². The van der Waals surface area contributed by atoms with Crippen LogP contribution < -0.4 is 10.7 Å². The second-order valence-electron chi connectivity index (χ2n) is 8.85. The molecule has 1 amide bonds. The Morgan fingerprint density at radius 1 is 1.12 bits per heavy atom. The maximum Gasteiger partial charge on any atom is 0.224 e. The first kappa shape index (κ1) is 24.1. The molecule has 3 rings (SSSR count). The highest BCUT2D eigenvalue weighted by atomic mass is 35.5. The highest BCUT2D eigenvalue weighted by Crippen LogP contribution is 2.38. The third kappa shape index (κ3) is 6.23. The van der Waals surface area contributed by atoms with E-state index >= 15 is 0 Å². The molecule has 0 heterocycles. The number of carbonyl (C=O) groups is 1. The molecule has 0 atom stereocenters. The molecule has 1 aliphatic rings. The van der Waals surface area contributed by atoms with Crippen molar-refractivity contribution in [2.75, 3.05) is 6.54 Å². The summed E-state index contributed by atoms with van der Waals surface area (Å²) in [5, 5.41) is 8.06. The second kappa shape index (κ2) is 11.3. The average Bonchev–Trinajstić information content (AvgIpc) is 3.04. The van der Waals surface area contributed by atoms with Gasteiger partial charge in [-0.15, -0.1) is 0 Å². The molecule has 0 aliphatic heterocycles. The summed E-state index contributed by atoms with van der Waals surface area (Å²) in [6.45, 7) is 8.28. The molecule has 1 aliphatic carbocycles. The van der Waals surface area contributed by atoms with Crippen LogP contribution in [0.15, 0.2) is 60.3 Å². The van der Waals surface area contributed by atoms with Crippen LogP contribution in [0.3, 0.4) is 0 Å². The lowest BCUT2D eigenvalue weighted by Crippen LogP contribution is -2.41. The van der Waals surface area contributed by atoms with E-state index in [1.165, 1.54) is 43.0 Å². The van der Waals surface area contributed by atoms with Gasteiger partial charge in [-0.2, -0.15) is 5.10 Å². The molecule has 1 fully saturated rings. The number of hydrogen-bond donors (Lipinski definition) is 2. The predicted octanol–water partition coefficient (Wildman–Crippen LogP) is 6.06. The first-order valence-electron chi connectivity index (χ1n) is 11.5. The number of carbonyl (C=O) groups excluding carboxylic acids is 1. The van der Waals surface area contributed by atoms with Crippen LogP contribution in [0.4, 0.5) is 0 Å². The SMILES string of the molecule is C=CN/N=C(\C)c1ccc(Cl)c(CC(=O)NCC2(c3ccc(C)cc3)CCCCCC2)c1.